The Morgan fingerprint density at radius 3 is 2.80 bits per heavy atom. The Kier molecular flexibility index (Phi) is 3.79. The molecule has 0 radical (unpaired) electrons. The van der Waals surface area contributed by atoms with Crippen molar-refractivity contribution in [3.05, 3.63) is 35.2 Å². The van der Waals surface area contributed by atoms with Gasteiger partial charge in [0, 0.05) is 6.07 Å². The van der Waals surface area contributed by atoms with Crippen molar-refractivity contribution in [2.45, 2.75) is 13.8 Å². The summed E-state index contributed by atoms with van der Waals surface area (Å²) >= 11 is 0. The number of carbonyl (C=O) groups excluding carboxylic acids is 2. The highest BCUT2D eigenvalue weighted by Gasteiger charge is 2.17. The number of benzene rings is 1. The monoisotopic (exact) mass is 275 g/mol. The van der Waals surface area contributed by atoms with Crippen molar-refractivity contribution >= 4 is 12.3 Å². The molecular weight excluding hydrogens is 262 g/mol. The zero-order chi connectivity index (χ0) is 14.7. The fourth-order valence-electron chi connectivity index (χ4n) is 1.64. The number of rotatable bonds is 4. The minimum Gasteiger partial charge on any atom is -0.507 e. The van der Waals surface area contributed by atoms with Crippen LogP contribution in [0.5, 0.6) is 5.75 Å². The number of phenols is 1. The van der Waals surface area contributed by atoms with Gasteiger partial charge >= 0.3 is 5.97 Å². The summed E-state index contributed by atoms with van der Waals surface area (Å²) in [7, 11) is 0. The van der Waals surface area contributed by atoms with E-state index in [1.54, 1.807) is 19.9 Å². The Hall–Kier alpha value is -2.70. The van der Waals surface area contributed by atoms with E-state index in [0.717, 1.165) is 0 Å². The second kappa shape index (κ2) is 5.52. The molecule has 0 unspecified atom stereocenters. The standard InChI is InChI=1S/C13H13N3O4/c1-3-20-13(19)12-8(2)14-16(15-12)10-5-4-9(7-17)11(18)6-10/h4-7,18H,3H2,1-2H3. The van der Waals surface area contributed by atoms with Crippen molar-refractivity contribution in [3.63, 3.8) is 0 Å². The number of phenolic OH excluding ortho intramolecular Hbond substituents is 1. The first kappa shape index (κ1) is 13.7. The zero-order valence-electron chi connectivity index (χ0n) is 11.0. The molecule has 1 aromatic heterocycles. The fourth-order valence-corrected chi connectivity index (χ4v) is 1.64. The van der Waals surface area contributed by atoms with E-state index >= 15 is 0 Å². The predicted molar refractivity (Wildman–Crippen MR) is 69.1 cm³/mol. The lowest BCUT2D eigenvalue weighted by Crippen LogP contribution is -2.07. The molecule has 0 saturated carbocycles. The van der Waals surface area contributed by atoms with Crippen molar-refractivity contribution in [2.75, 3.05) is 6.61 Å². The second-order valence-electron chi connectivity index (χ2n) is 4.00. The summed E-state index contributed by atoms with van der Waals surface area (Å²) in [5.41, 5.74) is 1.14. The van der Waals surface area contributed by atoms with Gasteiger partial charge in [0.25, 0.3) is 0 Å². The van der Waals surface area contributed by atoms with Gasteiger partial charge in [0.05, 0.1) is 23.6 Å². The number of carbonyl (C=O) groups is 2. The molecular formula is C13H13N3O4. The molecule has 7 heteroatoms. The number of ether oxygens (including phenoxy) is 1. The van der Waals surface area contributed by atoms with Gasteiger partial charge < -0.3 is 9.84 Å². The summed E-state index contributed by atoms with van der Waals surface area (Å²) < 4.78 is 4.87. The van der Waals surface area contributed by atoms with E-state index in [-0.39, 0.29) is 23.6 Å². The summed E-state index contributed by atoms with van der Waals surface area (Å²) in [4.78, 5) is 23.5. The molecule has 0 saturated heterocycles. The van der Waals surface area contributed by atoms with Crippen LogP contribution < -0.4 is 0 Å². The van der Waals surface area contributed by atoms with Crippen molar-refractivity contribution in [1.29, 1.82) is 0 Å². The molecule has 0 aliphatic rings. The van der Waals surface area contributed by atoms with Gasteiger partial charge in [0.2, 0.25) is 0 Å². The van der Waals surface area contributed by atoms with Crippen molar-refractivity contribution in [3.8, 4) is 11.4 Å². The third kappa shape index (κ3) is 2.51. The Labute approximate surface area is 114 Å². The number of nitrogens with zero attached hydrogens (tertiary/aromatic N) is 3. The molecule has 0 atom stereocenters. The van der Waals surface area contributed by atoms with Crippen LogP contribution in [-0.2, 0) is 4.74 Å². The van der Waals surface area contributed by atoms with E-state index in [1.807, 2.05) is 0 Å². The van der Waals surface area contributed by atoms with E-state index in [1.165, 1.54) is 16.9 Å². The molecule has 0 aliphatic heterocycles. The Morgan fingerprint density at radius 2 is 2.20 bits per heavy atom. The lowest BCUT2D eigenvalue weighted by molar-refractivity contribution is 0.0518. The minimum atomic E-state index is -0.551. The smallest absolute Gasteiger partial charge is 0.360 e. The van der Waals surface area contributed by atoms with Crippen LogP contribution in [0.15, 0.2) is 18.2 Å². The van der Waals surface area contributed by atoms with Crippen molar-refractivity contribution < 1.29 is 19.4 Å². The van der Waals surface area contributed by atoms with Gasteiger partial charge in [-0.1, -0.05) is 0 Å². The molecule has 1 N–H and O–H groups in total. The normalized spacial score (nSPS) is 10.3. The van der Waals surface area contributed by atoms with Gasteiger partial charge in [-0.05, 0) is 26.0 Å². The van der Waals surface area contributed by atoms with Crippen LogP contribution in [0.2, 0.25) is 0 Å². The number of aryl methyl sites for hydroxylation is 1. The molecule has 2 aromatic rings. The van der Waals surface area contributed by atoms with Crippen LogP contribution in [0.4, 0.5) is 0 Å². The third-order valence-electron chi connectivity index (χ3n) is 2.62. The topological polar surface area (TPSA) is 94.3 Å². The first-order valence-electron chi connectivity index (χ1n) is 5.96. The van der Waals surface area contributed by atoms with Gasteiger partial charge in [-0.25, -0.2) is 4.79 Å². The molecule has 0 fully saturated rings. The molecule has 1 aromatic carbocycles. The van der Waals surface area contributed by atoms with Gasteiger partial charge in [-0.15, -0.1) is 5.10 Å². The summed E-state index contributed by atoms with van der Waals surface area (Å²) in [6.07, 6.45) is 0.547. The van der Waals surface area contributed by atoms with E-state index in [2.05, 4.69) is 10.2 Å². The molecule has 1 heterocycles. The van der Waals surface area contributed by atoms with E-state index in [4.69, 9.17) is 4.74 Å². The Balaban J connectivity index is 2.39. The highest BCUT2D eigenvalue weighted by atomic mass is 16.5. The summed E-state index contributed by atoms with van der Waals surface area (Å²) in [6, 6.07) is 4.36. The number of esters is 1. The second-order valence-corrected chi connectivity index (χ2v) is 4.00. The number of hydrogen-bond donors (Lipinski definition) is 1. The largest absolute Gasteiger partial charge is 0.507 e. The van der Waals surface area contributed by atoms with Gasteiger partial charge in [-0.3, -0.25) is 4.79 Å². The molecule has 20 heavy (non-hydrogen) atoms. The highest BCUT2D eigenvalue weighted by Crippen LogP contribution is 2.19. The van der Waals surface area contributed by atoms with Crippen LogP contribution in [0.1, 0.15) is 33.5 Å². The molecule has 0 bridgehead atoms. The first-order chi connectivity index (χ1) is 9.56. The summed E-state index contributed by atoms with van der Waals surface area (Å²) in [5, 5.41) is 17.7. The maximum absolute atomic E-state index is 11.6. The summed E-state index contributed by atoms with van der Waals surface area (Å²) in [5.74, 6) is -0.727. The van der Waals surface area contributed by atoms with Gasteiger partial charge in [0.1, 0.15) is 5.75 Å². The average Bonchev–Trinajstić information content (AvgIpc) is 2.81. The van der Waals surface area contributed by atoms with Crippen molar-refractivity contribution in [1.82, 2.24) is 15.0 Å². The zero-order valence-corrected chi connectivity index (χ0v) is 11.0. The first-order valence-corrected chi connectivity index (χ1v) is 5.96. The molecule has 104 valence electrons. The van der Waals surface area contributed by atoms with Crippen LogP contribution in [0.3, 0.4) is 0 Å². The summed E-state index contributed by atoms with van der Waals surface area (Å²) in [6.45, 7) is 3.59. The molecule has 2 rings (SSSR count). The lowest BCUT2D eigenvalue weighted by atomic mass is 10.2. The quantitative estimate of drug-likeness (QED) is 0.667. The van der Waals surface area contributed by atoms with Gasteiger partial charge in [-0.2, -0.15) is 9.90 Å². The molecule has 7 nitrogen and oxygen atoms in total. The van der Waals surface area contributed by atoms with Gasteiger partial charge in [0.15, 0.2) is 12.0 Å². The van der Waals surface area contributed by atoms with Crippen LogP contribution in [0, 0.1) is 6.92 Å². The number of aromatic hydroxyl groups is 1. The van der Waals surface area contributed by atoms with E-state index < -0.39 is 5.97 Å². The number of aromatic nitrogens is 3. The minimum absolute atomic E-state index is 0.116. The fraction of sp³-hybridized carbons (Fsp3) is 0.231. The molecule has 0 spiro atoms. The van der Waals surface area contributed by atoms with Crippen molar-refractivity contribution in [2.24, 2.45) is 0 Å². The number of hydrogen-bond acceptors (Lipinski definition) is 6. The third-order valence-corrected chi connectivity index (χ3v) is 2.62. The average molecular weight is 275 g/mol. The van der Waals surface area contributed by atoms with Crippen LogP contribution in [0.25, 0.3) is 5.69 Å². The molecule has 0 amide bonds. The molecule has 0 aliphatic carbocycles. The lowest BCUT2D eigenvalue weighted by Gasteiger charge is -2.02. The van der Waals surface area contributed by atoms with E-state index in [9.17, 15) is 14.7 Å². The maximum atomic E-state index is 11.6. The van der Waals surface area contributed by atoms with Crippen LogP contribution >= 0.6 is 0 Å². The predicted octanol–water partition coefficient (Wildman–Crippen LogP) is 1.27. The Morgan fingerprint density at radius 1 is 1.45 bits per heavy atom. The number of aldehydes is 1. The Bertz CT molecular complexity index is 664. The van der Waals surface area contributed by atoms with Crippen LogP contribution in [-0.4, -0.2) is 39.0 Å². The SMILES string of the molecule is CCOC(=O)c1nn(-c2ccc(C=O)c(O)c2)nc1C. The van der Waals surface area contributed by atoms with E-state index in [0.29, 0.717) is 17.7 Å². The maximum Gasteiger partial charge on any atom is 0.360 e. The highest BCUT2D eigenvalue weighted by molar-refractivity contribution is 5.88.